The smallest absolute Gasteiger partial charge is 0.0408 e. The van der Waals surface area contributed by atoms with Gasteiger partial charge in [-0.1, -0.05) is 50.4 Å². The third-order valence-corrected chi connectivity index (χ3v) is 3.50. The second kappa shape index (κ2) is 7.73. The second-order valence-corrected chi connectivity index (χ2v) is 5.50. The maximum atomic E-state index is 6.00. The van der Waals surface area contributed by atoms with Gasteiger partial charge in [-0.25, -0.2) is 0 Å². The van der Waals surface area contributed by atoms with Crippen molar-refractivity contribution < 1.29 is 0 Å². The van der Waals surface area contributed by atoms with Crippen molar-refractivity contribution >= 4 is 11.6 Å². The van der Waals surface area contributed by atoms with Crippen LogP contribution < -0.4 is 5.73 Å². The Bertz CT molecular complexity index is 324. The summed E-state index contributed by atoms with van der Waals surface area (Å²) in [6.45, 7) is 5.33. The molecule has 0 saturated heterocycles. The molecule has 0 aliphatic rings. The molecule has 0 bridgehead atoms. The molecule has 2 unspecified atom stereocenters. The molecule has 1 aromatic carbocycles. The fraction of sp³-hybridized carbons (Fsp3) is 0.600. The molecule has 0 spiro atoms. The van der Waals surface area contributed by atoms with Gasteiger partial charge in [0.1, 0.15) is 0 Å². The highest BCUT2D eigenvalue weighted by molar-refractivity contribution is 6.30. The first kappa shape index (κ1) is 14.5. The van der Waals surface area contributed by atoms with E-state index in [9.17, 15) is 0 Å². The van der Waals surface area contributed by atoms with E-state index in [1.165, 1.54) is 24.8 Å². The summed E-state index contributed by atoms with van der Waals surface area (Å²) in [4.78, 5) is 0. The number of hydrogen-bond acceptors (Lipinski definition) is 1. The average molecular weight is 254 g/mol. The molecule has 0 aliphatic carbocycles. The first-order chi connectivity index (χ1) is 8.15. The van der Waals surface area contributed by atoms with E-state index in [1.54, 1.807) is 0 Å². The molecule has 0 aliphatic heterocycles. The predicted molar refractivity (Wildman–Crippen MR) is 76.4 cm³/mol. The lowest BCUT2D eigenvalue weighted by Gasteiger charge is -2.19. The van der Waals surface area contributed by atoms with Gasteiger partial charge in [-0.15, -0.1) is 0 Å². The van der Waals surface area contributed by atoms with Crippen molar-refractivity contribution in [1.29, 1.82) is 0 Å². The van der Waals surface area contributed by atoms with Gasteiger partial charge in [-0.05, 0) is 48.9 Å². The summed E-state index contributed by atoms with van der Waals surface area (Å²) in [5, 5.41) is 0.819. The molecule has 0 fully saturated rings. The minimum absolute atomic E-state index is 0.579. The maximum absolute atomic E-state index is 6.00. The summed E-state index contributed by atoms with van der Waals surface area (Å²) in [6, 6.07) is 8.12. The monoisotopic (exact) mass is 253 g/mol. The van der Waals surface area contributed by atoms with Crippen LogP contribution in [-0.4, -0.2) is 6.54 Å². The Labute approximate surface area is 110 Å². The predicted octanol–water partition coefficient (Wildman–Crippen LogP) is 4.28. The van der Waals surface area contributed by atoms with Crippen molar-refractivity contribution in [2.24, 2.45) is 17.6 Å². The number of nitrogens with two attached hydrogens (primary N) is 1. The van der Waals surface area contributed by atoms with E-state index in [0.717, 1.165) is 23.9 Å². The fourth-order valence-corrected chi connectivity index (χ4v) is 2.65. The quantitative estimate of drug-likeness (QED) is 0.771. The summed E-state index contributed by atoms with van der Waals surface area (Å²) in [7, 11) is 0. The zero-order chi connectivity index (χ0) is 12.7. The third-order valence-electron chi connectivity index (χ3n) is 3.26. The normalized spacial score (nSPS) is 14.6. The van der Waals surface area contributed by atoms with Crippen LogP contribution in [0.2, 0.25) is 5.02 Å². The summed E-state index contributed by atoms with van der Waals surface area (Å²) in [6.07, 6.45) is 4.82. The van der Waals surface area contributed by atoms with Gasteiger partial charge in [0.25, 0.3) is 0 Å². The van der Waals surface area contributed by atoms with E-state index in [-0.39, 0.29) is 0 Å². The third kappa shape index (κ3) is 5.56. The molecule has 0 radical (unpaired) electrons. The van der Waals surface area contributed by atoms with Crippen LogP contribution in [0.4, 0.5) is 0 Å². The Morgan fingerprint density at radius 1 is 1.35 bits per heavy atom. The van der Waals surface area contributed by atoms with Gasteiger partial charge in [0, 0.05) is 5.02 Å². The minimum Gasteiger partial charge on any atom is -0.330 e. The maximum Gasteiger partial charge on any atom is 0.0408 e. The Morgan fingerprint density at radius 2 is 2.12 bits per heavy atom. The van der Waals surface area contributed by atoms with E-state index in [2.05, 4.69) is 26.0 Å². The summed E-state index contributed by atoms with van der Waals surface area (Å²) >= 11 is 6.00. The SMILES string of the molecule is CCCC(C)CC(CN)Cc1cccc(Cl)c1. The first-order valence-corrected chi connectivity index (χ1v) is 6.98. The number of rotatable bonds is 7. The molecule has 17 heavy (non-hydrogen) atoms. The molecule has 2 heteroatoms. The Hall–Kier alpha value is -0.530. The molecule has 1 aromatic rings. The number of benzene rings is 1. The van der Waals surface area contributed by atoms with E-state index in [0.29, 0.717) is 5.92 Å². The van der Waals surface area contributed by atoms with E-state index < -0.39 is 0 Å². The van der Waals surface area contributed by atoms with Crippen LogP contribution in [0.5, 0.6) is 0 Å². The van der Waals surface area contributed by atoms with Crippen molar-refractivity contribution in [3.8, 4) is 0 Å². The molecule has 2 atom stereocenters. The van der Waals surface area contributed by atoms with E-state index in [4.69, 9.17) is 17.3 Å². The zero-order valence-corrected chi connectivity index (χ0v) is 11.7. The molecule has 0 aromatic heterocycles. The van der Waals surface area contributed by atoms with Crippen molar-refractivity contribution in [2.75, 3.05) is 6.54 Å². The largest absolute Gasteiger partial charge is 0.330 e. The standard InChI is InChI=1S/C15H24ClN/c1-3-5-12(2)8-14(11-17)9-13-6-4-7-15(16)10-13/h4,6-7,10,12,14H,3,5,8-9,11,17H2,1-2H3. The van der Waals surface area contributed by atoms with Crippen molar-refractivity contribution in [3.63, 3.8) is 0 Å². The second-order valence-electron chi connectivity index (χ2n) is 5.07. The zero-order valence-electron chi connectivity index (χ0n) is 11.0. The molecule has 2 N–H and O–H groups in total. The first-order valence-electron chi connectivity index (χ1n) is 6.60. The minimum atomic E-state index is 0.579. The lowest BCUT2D eigenvalue weighted by Crippen LogP contribution is -2.19. The molecule has 1 nitrogen and oxygen atoms in total. The van der Waals surface area contributed by atoms with Gasteiger partial charge in [-0.2, -0.15) is 0 Å². The summed E-state index contributed by atoms with van der Waals surface area (Å²) in [5.41, 5.74) is 7.17. The molecule has 96 valence electrons. The van der Waals surface area contributed by atoms with Crippen LogP contribution in [0.1, 0.15) is 38.7 Å². The van der Waals surface area contributed by atoms with Crippen LogP contribution in [-0.2, 0) is 6.42 Å². The molecule has 0 amide bonds. The average Bonchev–Trinajstić information content (AvgIpc) is 2.28. The number of hydrogen-bond donors (Lipinski definition) is 1. The highest BCUT2D eigenvalue weighted by atomic mass is 35.5. The van der Waals surface area contributed by atoms with Crippen LogP contribution >= 0.6 is 11.6 Å². The summed E-state index contributed by atoms with van der Waals surface area (Å²) in [5.74, 6) is 1.35. The Morgan fingerprint density at radius 3 is 2.71 bits per heavy atom. The van der Waals surface area contributed by atoms with Gasteiger partial charge in [0.05, 0.1) is 0 Å². The van der Waals surface area contributed by atoms with Gasteiger partial charge in [-0.3, -0.25) is 0 Å². The van der Waals surface area contributed by atoms with Gasteiger partial charge < -0.3 is 5.73 Å². The van der Waals surface area contributed by atoms with Crippen molar-refractivity contribution in [3.05, 3.63) is 34.9 Å². The lowest BCUT2D eigenvalue weighted by atomic mass is 9.88. The van der Waals surface area contributed by atoms with Gasteiger partial charge in [0.15, 0.2) is 0 Å². The van der Waals surface area contributed by atoms with Gasteiger partial charge >= 0.3 is 0 Å². The Balaban J connectivity index is 2.51. The molecule has 0 saturated carbocycles. The van der Waals surface area contributed by atoms with Crippen LogP contribution in [0.25, 0.3) is 0 Å². The fourth-order valence-electron chi connectivity index (χ4n) is 2.44. The van der Waals surface area contributed by atoms with Crippen LogP contribution in [0.15, 0.2) is 24.3 Å². The van der Waals surface area contributed by atoms with Crippen LogP contribution in [0.3, 0.4) is 0 Å². The van der Waals surface area contributed by atoms with Crippen molar-refractivity contribution in [1.82, 2.24) is 0 Å². The highest BCUT2D eigenvalue weighted by Gasteiger charge is 2.12. The Kier molecular flexibility index (Phi) is 6.61. The van der Waals surface area contributed by atoms with Crippen LogP contribution in [0, 0.1) is 11.8 Å². The van der Waals surface area contributed by atoms with Crippen molar-refractivity contribution in [2.45, 2.75) is 39.5 Å². The van der Waals surface area contributed by atoms with E-state index in [1.807, 2.05) is 12.1 Å². The van der Waals surface area contributed by atoms with E-state index >= 15 is 0 Å². The molecule has 1 rings (SSSR count). The molecular formula is C15H24ClN. The highest BCUT2D eigenvalue weighted by Crippen LogP contribution is 2.21. The van der Waals surface area contributed by atoms with Gasteiger partial charge in [0.2, 0.25) is 0 Å². The molecule has 0 heterocycles. The lowest BCUT2D eigenvalue weighted by molar-refractivity contribution is 0.375. The number of halogens is 1. The topological polar surface area (TPSA) is 26.0 Å². The molecular weight excluding hydrogens is 230 g/mol. The summed E-state index contributed by atoms with van der Waals surface area (Å²) < 4.78 is 0.